The van der Waals surface area contributed by atoms with Crippen molar-refractivity contribution < 1.29 is 19.4 Å². The maximum atomic E-state index is 14.0. The number of benzene rings is 3. The smallest absolute Gasteiger partial charge is 0.258 e. The summed E-state index contributed by atoms with van der Waals surface area (Å²) in [6, 6.07) is 20.0. The van der Waals surface area contributed by atoms with E-state index in [1.807, 2.05) is 60.4 Å². The lowest BCUT2D eigenvalue weighted by Crippen LogP contribution is -2.40. The highest BCUT2D eigenvalue weighted by atomic mass is 16.5. The molecule has 0 aliphatic carbocycles. The van der Waals surface area contributed by atoms with Crippen LogP contribution in [-0.2, 0) is 25.3 Å². The molecule has 41 heavy (non-hydrogen) atoms. The van der Waals surface area contributed by atoms with Gasteiger partial charge in [0.05, 0.1) is 17.8 Å². The van der Waals surface area contributed by atoms with Gasteiger partial charge in [-0.2, -0.15) is 0 Å². The Balaban J connectivity index is 1.40. The second-order valence-electron chi connectivity index (χ2n) is 11.6. The fourth-order valence-corrected chi connectivity index (χ4v) is 5.64. The molecule has 5 rings (SSSR count). The van der Waals surface area contributed by atoms with Crippen molar-refractivity contribution in [2.75, 3.05) is 26.7 Å². The Bertz CT molecular complexity index is 1390. The van der Waals surface area contributed by atoms with Gasteiger partial charge in [0.1, 0.15) is 18.1 Å². The maximum absolute atomic E-state index is 14.0. The maximum Gasteiger partial charge on any atom is 0.258 e. The molecule has 1 N–H and O–H groups in total. The first-order valence-electron chi connectivity index (χ1n) is 14.7. The number of unbranched alkanes of at least 4 members (excludes halogenated alkanes) is 1. The standard InChI is InChI=1S/C35H42N2O4/c1-5-6-18-40-33-21-32(41-24-26-10-8-7-9-11-26)30(25(2)3)20-31(33)34(38)37-22-27-12-13-29(19-28(27)23-37)35(39)14-16-36(4)17-15-35/h7-13,19-21,39H,2,5-6,14-18,22-24H2,1,3-4H3. The fourth-order valence-electron chi connectivity index (χ4n) is 5.64. The molecular formula is C35H42N2O4. The van der Waals surface area contributed by atoms with Gasteiger partial charge in [0.15, 0.2) is 0 Å². The fraction of sp³-hybridized carbons (Fsp3) is 0.400. The number of rotatable bonds is 10. The Labute approximate surface area is 244 Å². The van der Waals surface area contributed by atoms with E-state index >= 15 is 0 Å². The van der Waals surface area contributed by atoms with E-state index in [0.29, 0.717) is 56.2 Å². The molecule has 0 atom stereocenters. The first-order valence-corrected chi connectivity index (χ1v) is 14.7. The molecule has 6 nitrogen and oxygen atoms in total. The molecule has 2 aliphatic rings. The average Bonchev–Trinajstić information content (AvgIpc) is 3.41. The van der Waals surface area contributed by atoms with Gasteiger partial charge < -0.3 is 24.4 Å². The van der Waals surface area contributed by atoms with Crippen molar-refractivity contribution in [3.63, 3.8) is 0 Å². The Hall–Kier alpha value is -3.61. The average molecular weight is 555 g/mol. The van der Waals surface area contributed by atoms with Crippen molar-refractivity contribution in [3.05, 3.63) is 101 Å². The Morgan fingerprint density at radius 3 is 2.37 bits per heavy atom. The zero-order chi connectivity index (χ0) is 29.0. The number of piperidine rings is 1. The molecule has 2 heterocycles. The number of carbonyl (C=O) groups excluding carboxylic acids is 1. The molecule has 0 unspecified atom stereocenters. The minimum atomic E-state index is -0.814. The summed E-state index contributed by atoms with van der Waals surface area (Å²) >= 11 is 0. The van der Waals surface area contributed by atoms with Gasteiger partial charge in [-0.15, -0.1) is 0 Å². The van der Waals surface area contributed by atoms with Crippen LogP contribution in [0.5, 0.6) is 11.5 Å². The lowest BCUT2D eigenvalue weighted by Gasteiger charge is -2.37. The van der Waals surface area contributed by atoms with E-state index in [4.69, 9.17) is 9.47 Å². The highest BCUT2D eigenvalue weighted by Crippen LogP contribution is 2.38. The second-order valence-corrected chi connectivity index (χ2v) is 11.6. The summed E-state index contributed by atoms with van der Waals surface area (Å²) in [5.41, 5.74) is 5.56. The van der Waals surface area contributed by atoms with E-state index in [-0.39, 0.29) is 5.91 Å². The predicted octanol–water partition coefficient (Wildman–Crippen LogP) is 6.55. The van der Waals surface area contributed by atoms with Gasteiger partial charge in [-0.3, -0.25) is 4.79 Å². The van der Waals surface area contributed by atoms with E-state index < -0.39 is 5.60 Å². The van der Waals surface area contributed by atoms with Crippen LogP contribution in [0.25, 0.3) is 5.57 Å². The molecule has 3 aromatic rings. The van der Waals surface area contributed by atoms with E-state index in [1.54, 1.807) is 0 Å². The minimum absolute atomic E-state index is 0.0793. The summed E-state index contributed by atoms with van der Waals surface area (Å²) in [7, 11) is 2.09. The van der Waals surface area contributed by atoms with E-state index in [0.717, 1.165) is 59.3 Å². The second kappa shape index (κ2) is 12.5. The molecule has 0 aromatic heterocycles. The number of amides is 1. The largest absolute Gasteiger partial charge is 0.493 e. The van der Waals surface area contributed by atoms with E-state index in [2.05, 4.69) is 37.6 Å². The molecule has 0 spiro atoms. The van der Waals surface area contributed by atoms with Crippen LogP contribution < -0.4 is 9.47 Å². The third kappa shape index (κ3) is 6.50. The zero-order valence-corrected chi connectivity index (χ0v) is 24.6. The van der Waals surface area contributed by atoms with Crippen LogP contribution >= 0.6 is 0 Å². The molecule has 0 radical (unpaired) electrons. The lowest BCUT2D eigenvalue weighted by atomic mass is 9.83. The summed E-state index contributed by atoms with van der Waals surface area (Å²) in [6.45, 7) is 11.9. The Morgan fingerprint density at radius 1 is 0.951 bits per heavy atom. The van der Waals surface area contributed by atoms with Crippen LogP contribution in [0.4, 0.5) is 0 Å². The summed E-state index contributed by atoms with van der Waals surface area (Å²) in [4.78, 5) is 18.2. The summed E-state index contributed by atoms with van der Waals surface area (Å²) in [6.07, 6.45) is 3.32. The Morgan fingerprint density at radius 2 is 1.66 bits per heavy atom. The van der Waals surface area contributed by atoms with Crippen LogP contribution in [0, 0.1) is 0 Å². The quantitative estimate of drug-likeness (QED) is 0.288. The van der Waals surface area contributed by atoms with Crippen LogP contribution in [0.2, 0.25) is 0 Å². The molecule has 6 heteroatoms. The molecule has 0 bridgehead atoms. The van der Waals surface area contributed by atoms with E-state index in [1.165, 1.54) is 0 Å². The van der Waals surface area contributed by atoms with Crippen LogP contribution in [0.3, 0.4) is 0 Å². The number of carbonyl (C=O) groups is 1. The summed E-state index contributed by atoms with van der Waals surface area (Å²) in [5.74, 6) is 1.11. The number of hydrogen-bond donors (Lipinski definition) is 1. The van der Waals surface area contributed by atoms with Crippen molar-refractivity contribution in [3.8, 4) is 11.5 Å². The van der Waals surface area contributed by atoms with Crippen molar-refractivity contribution in [2.45, 2.75) is 64.8 Å². The topological polar surface area (TPSA) is 62.2 Å². The van der Waals surface area contributed by atoms with Crippen molar-refractivity contribution in [2.24, 2.45) is 0 Å². The first kappa shape index (κ1) is 28.9. The molecule has 2 aliphatic heterocycles. The molecule has 1 fully saturated rings. The molecule has 216 valence electrons. The highest BCUT2D eigenvalue weighted by molar-refractivity contribution is 5.98. The number of likely N-dealkylation sites (tertiary alicyclic amines) is 1. The van der Waals surface area contributed by atoms with Crippen molar-refractivity contribution in [1.29, 1.82) is 0 Å². The van der Waals surface area contributed by atoms with Gasteiger partial charge in [-0.05, 0) is 67.1 Å². The van der Waals surface area contributed by atoms with Crippen molar-refractivity contribution >= 4 is 11.5 Å². The SMILES string of the molecule is C=C(C)c1cc(C(=O)N2Cc3ccc(C4(O)CCN(C)CC4)cc3C2)c(OCCCC)cc1OCc1ccccc1. The van der Waals surface area contributed by atoms with Crippen molar-refractivity contribution in [1.82, 2.24) is 9.80 Å². The third-order valence-electron chi connectivity index (χ3n) is 8.33. The number of allylic oxidation sites excluding steroid dienone is 1. The normalized spacial score (nSPS) is 16.3. The summed E-state index contributed by atoms with van der Waals surface area (Å²) < 4.78 is 12.4. The highest BCUT2D eigenvalue weighted by Gasteiger charge is 2.35. The number of ether oxygens (including phenoxy) is 2. The van der Waals surface area contributed by atoms with Gasteiger partial charge in [-0.1, -0.05) is 68.5 Å². The zero-order valence-electron chi connectivity index (χ0n) is 24.6. The van der Waals surface area contributed by atoms with Gasteiger partial charge in [0.2, 0.25) is 0 Å². The van der Waals surface area contributed by atoms with Crippen LogP contribution in [0.15, 0.2) is 67.2 Å². The number of fused-ring (bicyclic) bond motifs is 1. The van der Waals surface area contributed by atoms with Crippen LogP contribution in [0.1, 0.15) is 77.7 Å². The molecule has 1 saturated heterocycles. The van der Waals surface area contributed by atoms with Gasteiger partial charge in [0, 0.05) is 37.8 Å². The Kier molecular flexibility index (Phi) is 8.81. The van der Waals surface area contributed by atoms with Gasteiger partial charge in [-0.25, -0.2) is 0 Å². The third-order valence-corrected chi connectivity index (χ3v) is 8.33. The van der Waals surface area contributed by atoms with E-state index in [9.17, 15) is 9.90 Å². The number of nitrogens with zero attached hydrogens (tertiary/aromatic N) is 2. The van der Waals surface area contributed by atoms with Gasteiger partial charge >= 0.3 is 0 Å². The predicted molar refractivity (Wildman–Crippen MR) is 163 cm³/mol. The summed E-state index contributed by atoms with van der Waals surface area (Å²) in [5, 5.41) is 11.4. The monoisotopic (exact) mass is 554 g/mol. The van der Waals surface area contributed by atoms with Crippen LogP contribution in [-0.4, -0.2) is 47.6 Å². The molecule has 3 aromatic carbocycles. The molecule has 1 amide bonds. The number of aliphatic hydroxyl groups is 1. The minimum Gasteiger partial charge on any atom is -0.493 e. The first-order chi connectivity index (χ1) is 19.8. The molecule has 0 saturated carbocycles. The number of hydrogen-bond acceptors (Lipinski definition) is 5. The molecular weight excluding hydrogens is 512 g/mol. The van der Waals surface area contributed by atoms with Gasteiger partial charge in [0.25, 0.3) is 5.91 Å². The lowest BCUT2D eigenvalue weighted by molar-refractivity contribution is -0.0203.